The molecule has 0 unspecified atom stereocenters. The Morgan fingerprint density at radius 2 is 2.10 bits per heavy atom. The summed E-state index contributed by atoms with van der Waals surface area (Å²) >= 11 is 3.26. The summed E-state index contributed by atoms with van der Waals surface area (Å²) in [6.07, 6.45) is 4.69. The molecular formula is C14H17BrClNO3S. The second kappa shape index (κ2) is 6.67. The third-order valence-corrected chi connectivity index (χ3v) is 5.77. The van der Waals surface area contributed by atoms with E-state index in [1.54, 1.807) is 6.92 Å². The van der Waals surface area contributed by atoms with Gasteiger partial charge < -0.3 is 5.32 Å². The summed E-state index contributed by atoms with van der Waals surface area (Å²) in [5, 5.41) is 2.83. The molecule has 1 aromatic rings. The highest BCUT2D eigenvalue weighted by Gasteiger charge is 2.21. The fourth-order valence-electron chi connectivity index (χ4n) is 2.13. The number of benzene rings is 1. The molecule has 0 atom stereocenters. The van der Waals surface area contributed by atoms with Gasteiger partial charge >= 0.3 is 0 Å². The number of carbonyl (C=O) groups excluding carboxylic acids is 1. The Morgan fingerprint density at radius 3 is 2.67 bits per heavy atom. The molecule has 0 radical (unpaired) electrons. The zero-order valence-electron chi connectivity index (χ0n) is 11.7. The first kappa shape index (κ1) is 16.8. The van der Waals surface area contributed by atoms with E-state index in [0.29, 0.717) is 22.1 Å². The third-order valence-electron chi connectivity index (χ3n) is 3.62. The topological polar surface area (TPSA) is 63.2 Å². The summed E-state index contributed by atoms with van der Waals surface area (Å²) in [5.74, 6) is 0.564. The summed E-state index contributed by atoms with van der Waals surface area (Å²) in [7, 11) is 1.48. The smallest absolute Gasteiger partial charge is 0.261 e. The number of nitrogens with one attached hydrogen (secondary N) is 1. The lowest BCUT2D eigenvalue weighted by molar-refractivity contribution is 0.0952. The largest absolute Gasteiger partial charge is 0.352 e. The van der Waals surface area contributed by atoms with E-state index in [1.807, 2.05) is 0 Å². The molecule has 1 aliphatic carbocycles. The highest BCUT2D eigenvalue weighted by molar-refractivity contribution is 9.10. The van der Waals surface area contributed by atoms with Crippen molar-refractivity contribution >= 4 is 41.6 Å². The molecule has 1 saturated carbocycles. The van der Waals surface area contributed by atoms with Crippen LogP contribution in [0.25, 0.3) is 0 Å². The maximum atomic E-state index is 12.2. The van der Waals surface area contributed by atoms with Gasteiger partial charge in [0, 0.05) is 27.3 Å². The minimum absolute atomic E-state index is 0.0789. The molecule has 116 valence electrons. The van der Waals surface area contributed by atoms with Crippen molar-refractivity contribution in [2.24, 2.45) is 5.92 Å². The van der Waals surface area contributed by atoms with Crippen molar-refractivity contribution in [3.63, 3.8) is 0 Å². The van der Waals surface area contributed by atoms with E-state index in [-0.39, 0.29) is 10.8 Å². The van der Waals surface area contributed by atoms with Crippen LogP contribution in [0.15, 0.2) is 21.5 Å². The number of hydrogen-bond acceptors (Lipinski definition) is 3. The van der Waals surface area contributed by atoms with E-state index in [4.69, 9.17) is 10.7 Å². The predicted octanol–water partition coefficient (Wildman–Crippen LogP) is 3.61. The van der Waals surface area contributed by atoms with Gasteiger partial charge in [-0.2, -0.15) is 0 Å². The first-order valence-electron chi connectivity index (χ1n) is 6.82. The van der Waals surface area contributed by atoms with Crippen LogP contribution in [-0.2, 0) is 9.05 Å². The molecular weight excluding hydrogens is 378 g/mol. The molecule has 1 amide bonds. The maximum absolute atomic E-state index is 12.2. The number of hydrogen-bond donors (Lipinski definition) is 1. The SMILES string of the molecule is Cc1c(Br)cc(S(=O)(=O)Cl)cc1C(=O)NCCCC1CC1. The first-order valence-corrected chi connectivity index (χ1v) is 9.92. The van der Waals surface area contributed by atoms with Crippen molar-refractivity contribution in [3.8, 4) is 0 Å². The highest BCUT2D eigenvalue weighted by atomic mass is 79.9. The lowest BCUT2D eigenvalue weighted by Gasteiger charge is -2.10. The van der Waals surface area contributed by atoms with Crippen LogP contribution >= 0.6 is 26.6 Å². The lowest BCUT2D eigenvalue weighted by Crippen LogP contribution is -2.25. The number of amides is 1. The summed E-state index contributed by atoms with van der Waals surface area (Å²) in [6, 6.07) is 2.72. The molecule has 21 heavy (non-hydrogen) atoms. The van der Waals surface area contributed by atoms with Crippen molar-refractivity contribution in [2.75, 3.05) is 6.54 Å². The molecule has 0 spiro atoms. The lowest BCUT2D eigenvalue weighted by atomic mass is 10.1. The van der Waals surface area contributed by atoms with Gasteiger partial charge in [0.1, 0.15) is 0 Å². The van der Waals surface area contributed by atoms with Crippen LogP contribution in [0, 0.1) is 12.8 Å². The number of rotatable bonds is 6. The Morgan fingerprint density at radius 1 is 1.43 bits per heavy atom. The molecule has 0 aliphatic heterocycles. The monoisotopic (exact) mass is 393 g/mol. The second-order valence-corrected chi connectivity index (χ2v) is 8.78. The molecule has 1 aromatic carbocycles. The molecule has 7 heteroatoms. The predicted molar refractivity (Wildman–Crippen MR) is 86.2 cm³/mol. The minimum atomic E-state index is -3.86. The van der Waals surface area contributed by atoms with Gasteiger partial charge in [-0.1, -0.05) is 28.8 Å². The Hall–Kier alpha value is -0.590. The van der Waals surface area contributed by atoms with Gasteiger partial charge in [-0.15, -0.1) is 0 Å². The molecule has 4 nitrogen and oxygen atoms in total. The van der Waals surface area contributed by atoms with Crippen LogP contribution in [-0.4, -0.2) is 20.9 Å². The molecule has 0 saturated heterocycles. The van der Waals surface area contributed by atoms with Crippen molar-refractivity contribution in [3.05, 3.63) is 27.7 Å². The molecule has 0 heterocycles. The average Bonchev–Trinajstić information content (AvgIpc) is 3.20. The normalized spacial score (nSPS) is 15.0. The summed E-state index contributed by atoms with van der Waals surface area (Å²) in [6.45, 7) is 2.36. The van der Waals surface area contributed by atoms with Gasteiger partial charge in [-0.05, 0) is 43.4 Å². The van der Waals surface area contributed by atoms with E-state index in [2.05, 4.69) is 21.2 Å². The second-order valence-electron chi connectivity index (χ2n) is 5.36. The Bertz CT molecular complexity index is 656. The van der Waals surface area contributed by atoms with Crippen molar-refractivity contribution in [1.29, 1.82) is 0 Å². The maximum Gasteiger partial charge on any atom is 0.261 e. The van der Waals surface area contributed by atoms with Crippen LogP contribution in [0.2, 0.25) is 0 Å². The van der Waals surface area contributed by atoms with Crippen molar-refractivity contribution < 1.29 is 13.2 Å². The number of halogens is 2. The first-order chi connectivity index (χ1) is 9.79. The standard InChI is InChI=1S/C14H17BrClNO3S/c1-9-12(7-11(8-13(9)15)21(16,19)20)14(18)17-6-2-3-10-4-5-10/h7-8,10H,2-6H2,1H3,(H,17,18). The van der Waals surface area contributed by atoms with E-state index in [9.17, 15) is 13.2 Å². The minimum Gasteiger partial charge on any atom is -0.352 e. The van der Waals surface area contributed by atoms with Gasteiger partial charge in [-0.25, -0.2) is 8.42 Å². The van der Waals surface area contributed by atoms with E-state index < -0.39 is 9.05 Å². The summed E-state index contributed by atoms with van der Waals surface area (Å²) in [4.78, 5) is 12.1. The molecule has 2 rings (SSSR count). The van der Waals surface area contributed by atoms with Crippen LogP contribution < -0.4 is 5.32 Å². The van der Waals surface area contributed by atoms with Gasteiger partial charge in [0.25, 0.3) is 15.0 Å². The van der Waals surface area contributed by atoms with E-state index in [1.165, 1.54) is 25.0 Å². The highest BCUT2D eigenvalue weighted by Crippen LogP contribution is 2.33. The van der Waals surface area contributed by atoms with E-state index >= 15 is 0 Å². The Balaban J connectivity index is 2.09. The zero-order valence-corrected chi connectivity index (χ0v) is 14.8. The van der Waals surface area contributed by atoms with E-state index in [0.717, 1.165) is 18.8 Å². The van der Waals surface area contributed by atoms with Gasteiger partial charge in [0.05, 0.1) is 4.90 Å². The van der Waals surface area contributed by atoms with Crippen molar-refractivity contribution in [2.45, 2.75) is 37.5 Å². The number of carbonyl (C=O) groups is 1. The van der Waals surface area contributed by atoms with Crippen LogP contribution in [0.4, 0.5) is 0 Å². The summed E-state index contributed by atoms with van der Waals surface area (Å²) < 4.78 is 23.4. The zero-order chi connectivity index (χ0) is 15.6. The molecule has 1 N–H and O–H groups in total. The summed E-state index contributed by atoms with van der Waals surface area (Å²) in [5.41, 5.74) is 1.02. The van der Waals surface area contributed by atoms with Crippen LogP contribution in [0.1, 0.15) is 41.6 Å². The Labute approximate surface area is 137 Å². The molecule has 0 bridgehead atoms. The molecule has 1 aliphatic rings. The molecule has 1 fully saturated rings. The van der Waals surface area contributed by atoms with Crippen molar-refractivity contribution in [1.82, 2.24) is 5.32 Å². The van der Waals surface area contributed by atoms with Gasteiger partial charge in [0.15, 0.2) is 0 Å². The third kappa shape index (κ3) is 4.69. The Kier molecular flexibility index (Phi) is 5.33. The van der Waals surface area contributed by atoms with Gasteiger partial charge in [0.2, 0.25) is 0 Å². The quantitative estimate of drug-likeness (QED) is 0.592. The van der Waals surface area contributed by atoms with Crippen LogP contribution in [0.5, 0.6) is 0 Å². The molecule has 0 aromatic heterocycles. The van der Waals surface area contributed by atoms with Gasteiger partial charge in [-0.3, -0.25) is 4.79 Å². The fraction of sp³-hybridized carbons (Fsp3) is 0.500. The fourth-order valence-corrected chi connectivity index (χ4v) is 3.52. The average molecular weight is 395 g/mol. The van der Waals surface area contributed by atoms with Crippen LogP contribution in [0.3, 0.4) is 0 Å².